The van der Waals surface area contributed by atoms with E-state index in [4.69, 9.17) is 16.8 Å². The van der Waals surface area contributed by atoms with Crippen LogP contribution in [-0.4, -0.2) is 37.9 Å². The first-order valence-corrected chi connectivity index (χ1v) is 10.3. The molecule has 0 saturated carbocycles. The summed E-state index contributed by atoms with van der Waals surface area (Å²) in [5.74, 6) is -0.453. The number of hydrogen-bond acceptors (Lipinski definition) is 7. The normalized spacial score (nSPS) is 15.6. The van der Waals surface area contributed by atoms with Crippen molar-refractivity contribution in [3.63, 3.8) is 0 Å². The van der Waals surface area contributed by atoms with E-state index in [2.05, 4.69) is 15.6 Å². The average Bonchev–Trinajstić information content (AvgIpc) is 3.33. The van der Waals surface area contributed by atoms with Gasteiger partial charge in [-0.3, -0.25) is 14.5 Å². The maximum absolute atomic E-state index is 12.6. The molecule has 150 valence electrons. The van der Waals surface area contributed by atoms with Gasteiger partial charge in [-0.1, -0.05) is 72.5 Å². The lowest BCUT2D eigenvalue weighted by Crippen LogP contribution is -2.31. The standard InChI is InChI=1S/C21H16N4O3S2/c26-18(22-15-9-5-10-16-19(15)24-28-23-16)12-13-25-20(27)17(30-21(25)29)11-4-8-14-6-2-1-3-7-14/h1-11H,12-13H2,(H,22,26). The molecule has 0 radical (unpaired) electrons. The number of thiocarbonyl (C=S) groups is 1. The summed E-state index contributed by atoms with van der Waals surface area (Å²) >= 11 is 6.54. The van der Waals surface area contributed by atoms with Crippen LogP contribution in [0.1, 0.15) is 12.0 Å². The number of benzene rings is 2. The Morgan fingerprint density at radius 2 is 2.00 bits per heavy atom. The molecule has 1 N–H and O–H groups in total. The lowest BCUT2D eigenvalue weighted by Gasteiger charge is -2.14. The Kier molecular flexibility index (Phi) is 6.01. The van der Waals surface area contributed by atoms with Crippen LogP contribution >= 0.6 is 24.0 Å². The van der Waals surface area contributed by atoms with Crippen molar-refractivity contribution in [3.8, 4) is 0 Å². The SMILES string of the molecule is O=C(CCN1C(=O)C(=CC=Cc2ccccc2)SC1=S)Nc1cccc2nonc12. The maximum atomic E-state index is 12.6. The molecule has 9 heteroatoms. The molecule has 7 nitrogen and oxygen atoms in total. The van der Waals surface area contributed by atoms with Crippen LogP contribution in [-0.2, 0) is 9.59 Å². The van der Waals surface area contributed by atoms with Gasteiger partial charge in [0.2, 0.25) is 5.91 Å². The number of carbonyl (C=O) groups is 2. The molecule has 2 heterocycles. The quantitative estimate of drug-likeness (QED) is 0.461. The summed E-state index contributed by atoms with van der Waals surface area (Å²) in [6.07, 6.45) is 5.58. The van der Waals surface area contributed by atoms with Crippen LogP contribution in [0.25, 0.3) is 17.1 Å². The fourth-order valence-electron chi connectivity index (χ4n) is 2.85. The molecular weight excluding hydrogens is 420 g/mol. The smallest absolute Gasteiger partial charge is 0.266 e. The van der Waals surface area contributed by atoms with Gasteiger partial charge in [0, 0.05) is 13.0 Å². The van der Waals surface area contributed by atoms with Gasteiger partial charge in [-0.05, 0) is 34.1 Å². The minimum Gasteiger partial charge on any atom is -0.324 e. The van der Waals surface area contributed by atoms with Gasteiger partial charge in [0.15, 0.2) is 5.52 Å². The summed E-state index contributed by atoms with van der Waals surface area (Å²) < 4.78 is 5.13. The molecule has 4 rings (SSSR count). The van der Waals surface area contributed by atoms with E-state index in [-0.39, 0.29) is 24.8 Å². The van der Waals surface area contributed by atoms with Crippen molar-refractivity contribution >= 4 is 62.9 Å². The van der Waals surface area contributed by atoms with Crippen molar-refractivity contribution in [2.24, 2.45) is 0 Å². The van der Waals surface area contributed by atoms with E-state index >= 15 is 0 Å². The number of hydrogen-bond donors (Lipinski definition) is 1. The van der Waals surface area contributed by atoms with E-state index in [1.165, 1.54) is 16.7 Å². The Balaban J connectivity index is 1.35. The summed E-state index contributed by atoms with van der Waals surface area (Å²) in [4.78, 5) is 27.0. The fraction of sp³-hybridized carbons (Fsp3) is 0.0952. The van der Waals surface area contributed by atoms with E-state index in [0.717, 1.165) is 5.56 Å². The molecular formula is C21H16N4O3S2. The highest BCUT2D eigenvalue weighted by Crippen LogP contribution is 2.31. The molecule has 0 atom stereocenters. The second-order valence-corrected chi connectivity index (χ2v) is 8.04. The van der Waals surface area contributed by atoms with Crippen LogP contribution in [0.4, 0.5) is 5.69 Å². The number of anilines is 1. The average molecular weight is 437 g/mol. The monoisotopic (exact) mass is 436 g/mol. The molecule has 0 spiro atoms. The first-order chi connectivity index (χ1) is 14.6. The topological polar surface area (TPSA) is 88.3 Å². The highest BCUT2D eigenvalue weighted by molar-refractivity contribution is 8.26. The third-order valence-electron chi connectivity index (χ3n) is 4.33. The van der Waals surface area contributed by atoms with Crippen molar-refractivity contribution in [1.82, 2.24) is 15.2 Å². The molecule has 2 amide bonds. The van der Waals surface area contributed by atoms with Gasteiger partial charge in [0.05, 0.1) is 10.6 Å². The number of aromatic nitrogens is 2. The summed E-state index contributed by atoms with van der Waals surface area (Å²) in [7, 11) is 0. The number of carbonyl (C=O) groups excluding carboxylic acids is 2. The molecule has 0 aliphatic carbocycles. The molecule has 3 aromatic rings. The Hall–Kier alpha value is -3.30. The second-order valence-electron chi connectivity index (χ2n) is 6.36. The lowest BCUT2D eigenvalue weighted by atomic mass is 10.2. The van der Waals surface area contributed by atoms with Gasteiger partial charge < -0.3 is 5.32 Å². The molecule has 1 aromatic heterocycles. The van der Waals surface area contributed by atoms with E-state index in [0.29, 0.717) is 25.9 Å². The van der Waals surface area contributed by atoms with Crippen molar-refractivity contribution < 1.29 is 14.2 Å². The maximum Gasteiger partial charge on any atom is 0.266 e. The number of allylic oxidation sites excluding steroid dienone is 2. The number of fused-ring (bicyclic) bond motifs is 1. The zero-order valence-electron chi connectivity index (χ0n) is 15.6. The molecule has 1 fully saturated rings. The van der Waals surface area contributed by atoms with E-state index in [1.807, 2.05) is 42.5 Å². The first-order valence-electron chi connectivity index (χ1n) is 9.10. The third kappa shape index (κ3) is 4.47. The highest BCUT2D eigenvalue weighted by atomic mass is 32.2. The van der Waals surface area contributed by atoms with Gasteiger partial charge in [0.25, 0.3) is 5.91 Å². The van der Waals surface area contributed by atoms with Crippen LogP contribution in [0, 0.1) is 0 Å². The predicted octanol–water partition coefficient (Wildman–Crippen LogP) is 4.01. The van der Waals surface area contributed by atoms with Crippen molar-refractivity contribution in [2.45, 2.75) is 6.42 Å². The van der Waals surface area contributed by atoms with E-state index < -0.39 is 0 Å². The van der Waals surface area contributed by atoms with Crippen LogP contribution in [0.15, 0.2) is 70.2 Å². The molecule has 0 bridgehead atoms. The summed E-state index contributed by atoms with van der Waals surface area (Å²) in [5.41, 5.74) is 2.58. The van der Waals surface area contributed by atoms with Crippen molar-refractivity contribution in [3.05, 3.63) is 71.2 Å². The molecule has 1 aliphatic heterocycles. The Morgan fingerprint density at radius 1 is 1.17 bits per heavy atom. The number of rotatable bonds is 6. The minimum absolute atomic E-state index is 0.0985. The van der Waals surface area contributed by atoms with Gasteiger partial charge in [-0.15, -0.1) is 0 Å². The van der Waals surface area contributed by atoms with E-state index in [1.54, 1.807) is 24.3 Å². The Morgan fingerprint density at radius 3 is 2.83 bits per heavy atom. The number of amides is 2. The number of nitrogens with zero attached hydrogens (tertiary/aromatic N) is 3. The summed E-state index contributed by atoms with van der Waals surface area (Å²) in [6.45, 7) is 0.198. The molecule has 2 aromatic carbocycles. The van der Waals surface area contributed by atoms with Gasteiger partial charge >= 0.3 is 0 Å². The van der Waals surface area contributed by atoms with Crippen molar-refractivity contribution in [1.29, 1.82) is 0 Å². The first kappa shape index (κ1) is 20.0. The van der Waals surface area contributed by atoms with Crippen LogP contribution in [0.3, 0.4) is 0 Å². The van der Waals surface area contributed by atoms with Crippen LogP contribution in [0.2, 0.25) is 0 Å². The van der Waals surface area contributed by atoms with Gasteiger partial charge in [-0.2, -0.15) is 0 Å². The van der Waals surface area contributed by atoms with Crippen LogP contribution < -0.4 is 5.32 Å². The number of nitrogens with one attached hydrogen (secondary N) is 1. The Bertz CT molecular complexity index is 1170. The third-order valence-corrected chi connectivity index (χ3v) is 5.73. The summed E-state index contributed by atoms with van der Waals surface area (Å²) in [6, 6.07) is 15.0. The lowest BCUT2D eigenvalue weighted by molar-refractivity contribution is -0.122. The van der Waals surface area contributed by atoms with Crippen LogP contribution in [0.5, 0.6) is 0 Å². The Labute approximate surface area is 181 Å². The van der Waals surface area contributed by atoms with Gasteiger partial charge in [0.1, 0.15) is 9.84 Å². The fourth-order valence-corrected chi connectivity index (χ4v) is 4.11. The molecule has 0 unspecified atom stereocenters. The molecule has 1 saturated heterocycles. The zero-order valence-corrected chi connectivity index (χ0v) is 17.3. The molecule has 1 aliphatic rings. The van der Waals surface area contributed by atoms with Crippen molar-refractivity contribution in [2.75, 3.05) is 11.9 Å². The highest BCUT2D eigenvalue weighted by Gasteiger charge is 2.31. The largest absolute Gasteiger partial charge is 0.324 e. The predicted molar refractivity (Wildman–Crippen MR) is 121 cm³/mol. The zero-order chi connectivity index (χ0) is 20.9. The van der Waals surface area contributed by atoms with E-state index in [9.17, 15) is 9.59 Å². The van der Waals surface area contributed by atoms with Gasteiger partial charge in [-0.25, -0.2) is 4.63 Å². The summed E-state index contributed by atoms with van der Waals surface area (Å²) in [5, 5.41) is 10.3. The minimum atomic E-state index is -0.257. The second kappa shape index (κ2) is 9.02. The number of thioether (sulfide) groups is 1. The molecule has 30 heavy (non-hydrogen) atoms.